The molecule has 0 N–H and O–H groups in total. The van der Waals surface area contributed by atoms with Crippen molar-refractivity contribution in [2.24, 2.45) is 0 Å². The Kier molecular flexibility index (Phi) is 5.35. The zero-order valence-corrected chi connectivity index (χ0v) is 14.6. The highest BCUT2D eigenvalue weighted by Gasteiger charge is 2.33. The molecule has 1 amide bonds. The number of aromatic nitrogens is 2. The van der Waals surface area contributed by atoms with Gasteiger partial charge in [0.2, 0.25) is 5.91 Å². The highest BCUT2D eigenvalue weighted by Crippen LogP contribution is 2.19. The van der Waals surface area contributed by atoms with Gasteiger partial charge in [-0.3, -0.25) is 24.3 Å². The van der Waals surface area contributed by atoms with Gasteiger partial charge in [-0.2, -0.15) is 13.2 Å². The number of benzene rings is 1. The van der Waals surface area contributed by atoms with Crippen molar-refractivity contribution in [3.8, 4) is 0 Å². The summed E-state index contributed by atoms with van der Waals surface area (Å²) in [6, 6.07) is 6.27. The van der Waals surface area contributed by atoms with E-state index in [0.717, 1.165) is 23.0 Å². The number of nitro benzene ring substituents is 1. The van der Waals surface area contributed by atoms with Crippen LogP contribution in [0.25, 0.3) is 10.9 Å². The quantitative estimate of drug-likeness (QED) is 0.456. The van der Waals surface area contributed by atoms with Crippen LogP contribution in [0.5, 0.6) is 0 Å². The van der Waals surface area contributed by atoms with Gasteiger partial charge in [-0.25, -0.2) is 4.98 Å². The molecule has 29 heavy (non-hydrogen) atoms. The van der Waals surface area contributed by atoms with E-state index in [0.29, 0.717) is 4.90 Å². The number of furan rings is 1. The van der Waals surface area contributed by atoms with Crippen LogP contribution in [0, 0.1) is 10.1 Å². The van der Waals surface area contributed by atoms with Crippen molar-refractivity contribution < 1.29 is 27.3 Å². The fourth-order valence-corrected chi connectivity index (χ4v) is 2.66. The number of halogens is 3. The van der Waals surface area contributed by atoms with Gasteiger partial charge >= 0.3 is 6.18 Å². The van der Waals surface area contributed by atoms with Crippen molar-refractivity contribution in [2.45, 2.75) is 19.3 Å². The standard InChI is InChI=1S/C17H13F3N4O5/c18-17(19,20)9-22(7-12-2-1-5-29-12)15(25)8-23-10-21-14-6-11(24(27)28)3-4-13(14)16(23)26/h1-6,10H,7-9H2. The third-order valence-electron chi connectivity index (χ3n) is 3.97. The molecule has 0 saturated heterocycles. The molecule has 2 aromatic heterocycles. The van der Waals surface area contributed by atoms with E-state index in [1.165, 1.54) is 24.5 Å². The van der Waals surface area contributed by atoms with Gasteiger partial charge in [0.15, 0.2) is 0 Å². The third kappa shape index (κ3) is 4.78. The van der Waals surface area contributed by atoms with Crippen LogP contribution in [0.2, 0.25) is 0 Å². The van der Waals surface area contributed by atoms with Crippen molar-refractivity contribution in [3.63, 3.8) is 0 Å². The van der Waals surface area contributed by atoms with Crippen molar-refractivity contribution >= 4 is 22.5 Å². The van der Waals surface area contributed by atoms with Crippen molar-refractivity contribution in [3.05, 3.63) is 69.2 Å². The van der Waals surface area contributed by atoms with E-state index in [1.807, 2.05) is 0 Å². The number of amides is 1. The Balaban J connectivity index is 1.87. The van der Waals surface area contributed by atoms with Crippen molar-refractivity contribution in [2.75, 3.05) is 6.54 Å². The number of hydrogen-bond acceptors (Lipinski definition) is 6. The molecule has 0 aliphatic carbocycles. The fraction of sp³-hybridized carbons (Fsp3) is 0.235. The van der Waals surface area contributed by atoms with E-state index >= 15 is 0 Å². The number of carbonyl (C=O) groups excluding carboxylic acids is 1. The SMILES string of the molecule is O=C(Cn1cnc2cc([N+](=O)[O-])ccc2c1=O)N(Cc1ccco1)CC(F)(F)F. The van der Waals surface area contributed by atoms with Gasteiger partial charge in [-0.15, -0.1) is 0 Å². The van der Waals surface area contributed by atoms with E-state index in [2.05, 4.69) is 4.98 Å². The van der Waals surface area contributed by atoms with E-state index in [9.17, 15) is 32.9 Å². The van der Waals surface area contributed by atoms with Gasteiger partial charge in [0, 0.05) is 12.1 Å². The van der Waals surface area contributed by atoms with E-state index in [1.54, 1.807) is 0 Å². The smallest absolute Gasteiger partial charge is 0.406 e. The lowest BCUT2D eigenvalue weighted by Crippen LogP contribution is -2.41. The van der Waals surface area contributed by atoms with Crippen LogP contribution in [0.1, 0.15) is 5.76 Å². The first-order valence-corrected chi connectivity index (χ1v) is 8.14. The molecular weight excluding hydrogens is 397 g/mol. The molecule has 9 nitrogen and oxygen atoms in total. The number of alkyl halides is 3. The first-order chi connectivity index (χ1) is 13.6. The molecule has 0 spiro atoms. The second-order valence-corrected chi connectivity index (χ2v) is 6.08. The molecular formula is C17H13F3N4O5. The lowest BCUT2D eigenvalue weighted by atomic mass is 10.2. The monoisotopic (exact) mass is 410 g/mol. The van der Waals surface area contributed by atoms with Crippen LogP contribution in [0.15, 0.2) is 52.1 Å². The lowest BCUT2D eigenvalue weighted by Gasteiger charge is -2.23. The molecule has 0 bridgehead atoms. The predicted molar refractivity (Wildman–Crippen MR) is 92.8 cm³/mol. The molecule has 0 saturated carbocycles. The van der Waals surface area contributed by atoms with Gasteiger partial charge in [0.05, 0.1) is 35.0 Å². The minimum absolute atomic E-state index is 0.000643. The summed E-state index contributed by atoms with van der Waals surface area (Å²) in [6.45, 7) is -2.63. The summed E-state index contributed by atoms with van der Waals surface area (Å²) in [4.78, 5) is 39.5. The fourth-order valence-electron chi connectivity index (χ4n) is 2.66. The predicted octanol–water partition coefficient (Wildman–Crippen LogP) is 2.49. The maximum atomic E-state index is 12.9. The number of fused-ring (bicyclic) bond motifs is 1. The number of nitrogens with zero attached hydrogens (tertiary/aromatic N) is 4. The average molecular weight is 410 g/mol. The molecule has 0 radical (unpaired) electrons. The van der Waals surface area contributed by atoms with E-state index < -0.39 is 42.2 Å². The Labute approximate surface area is 160 Å². The van der Waals surface area contributed by atoms with Crippen LogP contribution < -0.4 is 5.56 Å². The maximum absolute atomic E-state index is 12.9. The van der Waals surface area contributed by atoms with Crippen LogP contribution in [0.4, 0.5) is 18.9 Å². The summed E-state index contributed by atoms with van der Waals surface area (Å²) in [7, 11) is 0. The zero-order valence-electron chi connectivity index (χ0n) is 14.6. The van der Waals surface area contributed by atoms with E-state index in [-0.39, 0.29) is 22.4 Å². The minimum atomic E-state index is -4.65. The first kappa shape index (κ1) is 20.0. The summed E-state index contributed by atoms with van der Waals surface area (Å²) in [5.74, 6) is -0.817. The summed E-state index contributed by atoms with van der Waals surface area (Å²) in [5.41, 5.74) is -0.938. The second kappa shape index (κ2) is 7.73. The Morgan fingerprint density at radius 2 is 2.07 bits per heavy atom. The van der Waals surface area contributed by atoms with Crippen LogP contribution in [0.3, 0.4) is 0 Å². The Bertz CT molecular complexity index is 1110. The van der Waals surface area contributed by atoms with E-state index in [4.69, 9.17) is 4.42 Å². The maximum Gasteiger partial charge on any atom is 0.406 e. The molecule has 3 aromatic rings. The Hall–Kier alpha value is -3.70. The number of nitro groups is 1. The molecule has 0 aliphatic heterocycles. The number of hydrogen-bond donors (Lipinski definition) is 0. The van der Waals surface area contributed by atoms with Gasteiger partial charge in [-0.05, 0) is 18.2 Å². The van der Waals surface area contributed by atoms with Gasteiger partial charge < -0.3 is 9.32 Å². The highest BCUT2D eigenvalue weighted by atomic mass is 19.4. The largest absolute Gasteiger partial charge is 0.467 e. The summed E-state index contributed by atoms with van der Waals surface area (Å²) < 4.78 is 44.4. The van der Waals surface area contributed by atoms with Crippen LogP contribution in [-0.4, -0.2) is 38.0 Å². The molecule has 0 unspecified atom stereocenters. The Morgan fingerprint density at radius 1 is 1.31 bits per heavy atom. The summed E-state index contributed by atoms with van der Waals surface area (Å²) >= 11 is 0. The molecule has 0 atom stereocenters. The highest BCUT2D eigenvalue weighted by molar-refractivity contribution is 5.80. The van der Waals surface area contributed by atoms with Crippen LogP contribution >= 0.6 is 0 Å². The second-order valence-electron chi connectivity index (χ2n) is 6.08. The minimum Gasteiger partial charge on any atom is -0.467 e. The lowest BCUT2D eigenvalue weighted by molar-refractivity contribution is -0.384. The normalized spacial score (nSPS) is 11.6. The van der Waals surface area contributed by atoms with Gasteiger partial charge in [-0.1, -0.05) is 0 Å². The molecule has 2 heterocycles. The molecule has 0 fully saturated rings. The summed E-state index contributed by atoms with van der Waals surface area (Å²) in [5, 5.41) is 10.8. The van der Waals surface area contributed by atoms with Gasteiger partial charge in [0.25, 0.3) is 11.2 Å². The van der Waals surface area contributed by atoms with Crippen molar-refractivity contribution in [1.29, 1.82) is 0 Å². The first-order valence-electron chi connectivity index (χ1n) is 8.14. The number of non-ortho nitro benzene ring substituents is 1. The van der Waals surface area contributed by atoms with Crippen LogP contribution in [-0.2, 0) is 17.9 Å². The molecule has 0 aliphatic rings. The third-order valence-corrected chi connectivity index (χ3v) is 3.97. The van der Waals surface area contributed by atoms with Crippen molar-refractivity contribution in [1.82, 2.24) is 14.5 Å². The molecule has 3 rings (SSSR count). The molecule has 12 heteroatoms. The number of carbonyl (C=O) groups is 1. The topological polar surface area (TPSA) is 111 Å². The van der Waals surface area contributed by atoms with Gasteiger partial charge in [0.1, 0.15) is 18.8 Å². The molecule has 152 valence electrons. The zero-order chi connectivity index (χ0) is 21.2. The average Bonchev–Trinajstić information content (AvgIpc) is 3.15. The Morgan fingerprint density at radius 3 is 2.69 bits per heavy atom. The summed E-state index contributed by atoms with van der Waals surface area (Å²) in [6.07, 6.45) is -2.42. The molecule has 1 aromatic carbocycles. The number of rotatable bonds is 6.